The van der Waals surface area contributed by atoms with Crippen LogP contribution >= 0.6 is 11.3 Å². The van der Waals surface area contributed by atoms with E-state index in [1.54, 1.807) is 21.0 Å². The Labute approximate surface area is 201 Å². The zero-order chi connectivity index (χ0) is 25.4. The number of hydrogen-bond acceptors (Lipinski definition) is 5. The van der Waals surface area contributed by atoms with E-state index in [2.05, 4.69) is 5.32 Å². The minimum Gasteiger partial charge on any atom is -0.344 e. The van der Waals surface area contributed by atoms with E-state index in [0.717, 1.165) is 32.6 Å². The molecule has 180 valence electrons. The summed E-state index contributed by atoms with van der Waals surface area (Å²) in [5.41, 5.74) is -0.704. The molecular formula is C24H20F2N4O4S. The number of nitrogens with zero attached hydrogens (tertiary/aromatic N) is 3. The lowest BCUT2D eigenvalue weighted by atomic mass is 10.2. The first kappa shape index (κ1) is 24.0. The van der Waals surface area contributed by atoms with Gasteiger partial charge in [-0.2, -0.15) is 0 Å². The molecule has 0 aliphatic rings. The fourth-order valence-electron chi connectivity index (χ4n) is 3.59. The standard InChI is InChI=1S/C24H20F2N4O4S/c1-13-19-21(32)30(17-10-6-15(26)7-11-17)24(34)29(23(19)35-20(13)22(33)28(2)3)12-18(31)27-16-8-4-14(25)5-9-16/h4-11H,12H2,1-3H3,(H,27,31). The van der Waals surface area contributed by atoms with Crippen molar-refractivity contribution in [3.8, 4) is 5.69 Å². The van der Waals surface area contributed by atoms with Crippen LogP contribution in [0.3, 0.4) is 0 Å². The quantitative estimate of drug-likeness (QED) is 0.458. The molecule has 4 aromatic rings. The van der Waals surface area contributed by atoms with Crippen LogP contribution in [0, 0.1) is 18.6 Å². The SMILES string of the molecule is Cc1c(C(=O)N(C)C)sc2c1c(=O)n(-c1ccc(F)cc1)c(=O)n2CC(=O)Nc1ccc(F)cc1. The Morgan fingerprint density at radius 1 is 0.971 bits per heavy atom. The molecule has 0 aliphatic heterocycles. The van der Waals surface area contributed by atoms with Crippen molar-refractivity contribution >= 4 is 39.1 Å². The van der Waals surface area contributed by atoms with Crippen LogP contribution in [-0.4, -0.2) is 39.9 Å². The third kappa shape index (κ3) is 4.50. The number of anilines is 1. The van der Waals surface area contributed by atoms with E-state index < -0.39 is 35.3 Å². The highest BCUT2D eigenvalue weighted by Gasteiger charge is 2.25. The summed E-state index contributed by atoms with van der Waals surface area (Å²) in [6, 6.07) is 9.87. The maximum Gasteiger partial charge on any atom is 0.337 e. The van der Waals surface area contributed by atoms with Crippen molar-refractivity contribution in [2.75, 3.05) is 19.4 Å². The second kappa shape index (κ2) is 9.26. The van der Waals surface area contributed by atoms with Gasteiger partial charge in [-0.1, -0.05) is 0 Å². The second-order valence-electron chi connectivity index (χ2n) is 7.98. The van der Waals surface area contributed by atoms with Crippen LogP contribution in [0.25, 0.3) is 15.9 Å². The smallest absolute Gasteiger partial charge is 0.337 e. The number of halogens is 2. The minimum absolute atomic E-state index is 0.110. The Morgan fingerprint density at radius 3 is 2.11 bits per heavy atom. The molecule has 0 atom stereocenters. The van der Waals surface area contributed by atoms with E-state index in [1.165, 1.54) is 41.3 Å². The Balaban J connectivity index is 1.92. The first-order valence-corrected chi connectivity index (χ1v) is 11.2. The minimum atomic E-state index is -0.825. The molecule has 4 rings (SSSR count). The molecule has 2 aromatic carbocycles. The number of aryl methyl sites for hydroxylation is 1. The summed E-state index contributed by atoms with van der Waals surface area (Å²) < 4.78 is 28.6. The number of benzene rings is 2. The lowest BCUT2D eigenvalue weighted by molar-refractivity contribution is -0.116. The second-order valence-corrected chi connectivity index (χ2v) is 8.98. The van der Waals surface area contributed by atoms with Gasteiger partial charge in [0.1, 0.15) is 23.0 Å². The largest absolute Gasteiger partial charge is 0.344 e. The van der Waals surface area contributed by atoms with Crippen molar-refractivity contribution in [2.45, 2.75) is 13.5 Å². The van der Waals surface area contributed by atoms with Gasteiger partial charge >= 0.3 is 5.69 Å². The van der Waals surface area contributed by atoms with Gasteiger partial charge in [0, 0.05) is 19.8 Å². The van der Waals surface area contributed by atoms with Gasteiger partial charge in [0.2, 0.25) is 5.91 Å². The predicted octanol–water partition coefficient (Wildman–Crippen LogP) is 3.14. The summed E-state index contributed by atoms with van der Waals surface area (Å²) in [5, 5.41) is 2.69. The number of nitrogens with one attached hydrogen (secondary N) is 1. The molecule has 35 heavy (non-hydrogen) atoms. The maximum atomic E-state index is 13.5. The highest BCUT2D eigenvalue weighted by Crippen LogP contribution is 2.29. The van der Waals surface area contributed by atoms with Gasteiger partial charge in [-0.05, 0) is 61.0 Å². The number of amides is 2. The van der Waals surface area contributed by atoms with Gasteiger partial charge < -0.3 is 10.2 Å². The van der Waals surface area contributed by atoms with E-state index in [9.17, 15) is 28.0 Å². The van der Waals surface area contributed by atoms with Crippen molar-refractivity contribution < 1.29 is 18.4 Å². The third-order valence-electron chi connectivity index (χ3n) is 5.33. The van der Waals surface area contributed by atoms with Crippen LogP contribution in [-0.2, 0) is 11.3 Å². The zero-order valence-electron chi connectivity index (χ0n) is 19.0. The number of carbonyl (C=O) groups is 2. The Kier molecular flexibility index (Phi) is 6.35. The van der Waals surface area contributed by atoms with Gasteiger partial charge in [0.15, 0.2) is 0 Å². The van der Waals surface area contributed by atoms with Crippen LogP contribution in [0.4, 0.5) is 14.5 Å². The topological polar surface area (TPSA) is 93.4 Å². The van der Waals surface area contributed by atoms with Crippen LogP contribution in [0.2, 0.25) is 0 Å². The van der Waals surface area contributed by atoms with Gasteiger partial charge in [-0.15, -0.1) is 11.3 Å². The van der Waals surface area contributed by atoms with E-state index in [1.807, 2.05) is 0 Å². The number of fused-ring (bicyclic) bond motifs is 1. The molecule has 0 unspecified atom stereocenters. The van der Waals surface area contributed by atoms with Crippen molar-refractivity contribution in [1.29, 1.82) is 0 Å². The van der Waals surface area contributed by atoms with Crippen LogP contribution < -0.4 is 16.6 Å². The lowest BCUT2D eigenvalue weighted by Gasteiger charge is -2.12. The molecule has 0 saturated heterocycles. The normalized spacial score (nSPS) is 11.0. The van der Waals surface area contributed by atoms with Crippen molar-refractivity contribution in [1.82, 2.24) is 14.0 Å². The number of aromatic nitrogens is 2. The molecule has 0 aliphatic carbocycles. The fourth-order valence-corrected chi connectivity index (χ4v) is 4.90. The molecule has 0 fully saturated rings. The zero-order valence-corrected chi connectivity index (χ0v) is 19.8. The monoisotopic (exact) mass is 498 g/mol. The van der Waals surface area contributed by atoms with E-state index in [-0.39, 0.29) is 26.7 Å². The number of carbonyl (C=O) groups excluding carboxylic acids is 2. The molecule has 8 nitrogen and oxygen atoms in total. The number of hydrogen-bond donors (Lipinski definition) is 1. The van der Waals surface area contributed by atoms with Crippen molar-refractivity contribution in [2.24, 2.45) is 0 Å². The Hall–Kier alpha value is -4.12. The average molecular weight is 499 g/mol. The van der Waals surface area contributed by atoms with Crippen LogP contribution in [0.1, 0.15) is 15.2 Å². The summed E-state index contributed by atoms with van der Waals surface area (Å²) in [7, 11) is 3.12. The highest BCUT2D eigenvalue weighted by molar-refractivity contribution is 7.20. The summed E-state index contributed by atoms with van der Waals surface area (Å²) in [4.78, 5) is 54.2. The lowest BCUT2D eigenvalue weighted by Crippen LogP contribution is -2.40. The first-order valence-electron chi connectivity index (χ1n) is 10.4. The summed E-state index contributed by atoms with van der Waals surface area (Å²) in [5.74, 6) is -1.98. The van der Waals surface area contributed by atoms with Crippen molar-refractivity contribution in [3.05, 3.63) is 91.4 Å². The molecule has 0 spiro atoms. The third-order valence-corrected chi connectivity index (χ3v) is 6.63. The number of rotatable bonds is 5. The summed E-state index contributed by atoms with van der Waals surface area (Å²) >= 11 is 0.941. The van der Waals surface area contributed by atoms with E-state index in [4.69, 9.17) is 0 Å². The Bertz CT molecular complexity index is 1570. The van der Waals surface area contributed by atoms with Gasteiger partial charge in [-0.3, -0.25) is 19.0 Å². The molecular weight excluding hydrogens is 478 g/mol. The van der Waals surface area contributed by atoms with Gasteiger partial charge in [0.25, 0.3) is 11.5 Å². The van der Waals surface area contributed by atoms with E-state index in [0.29, 0.717) is 11.3 Å². The summed E-state index contributed by atoms with van der Waals surface area (Å²) in [6.07, 6.45) is 0. The molecule has 0 bridgehead atoms. The van der Waals surface area contributed by atoms with Crippen LogP contribution in [0.5, 0.6) is 0 Å². The first-order chi connectivity index (χ1) is 16.6. The molecule has 1 N–H and O–H groups in total. The fraction of sp³-hybridized carbons (Fsp3) is 0.167. The summed E-state index contributed by atoms with van der Waals surface area (Å²) in [6.45, 7) is 1.11. The molecule has 2 aromatic heterocycles. The van der Waals surface area contributed by atoms with Gasteiger partial charge in [-0.25, -0.2) is 18.1 Å². The Morgan fingerprint density at radius 2 is 1.54 bits per heavy atom. The molecule has 2 heterocycles. The maximum absolute atomic E-state index is 13.5. The van der Waals surface area contributed by atoms with Crippen LogP contribution in [0.15, 0.2) is 58.1 Å². The van der Waals surface area contributed by atoms with Crippen molar-refractivity contribution in [3.63, 3.8) is 0 Å². The molecule has 11 heteroatoms. The van der Waals surface area contributed by atoms with Gasteiger partial charge in [0.05, 0.1) is 16.0 Å². The average Bonchev–Trinajstić information content (AvgIpc) is 3.16. The van der Waals surface area contributed by atoms with E-state index >= 15 is 0 Å². The molecule has 0 saturated carbocycles. The highest BCUT2D eigenvalue weighted by atomic mass is 32.1. The molecule has 0 radical (unpaired) electrons. The number of thiophene rings is 1. The molecule has 2 amide bonds. The predicted molar refractivity (Wildman–Crippen MR) is 129 cm³/mol.